The molecule has 2 nitrogen and oxygen atoms in total. The quantitative estimate of drug-likeness (QED) is 0.646. The molecule has 0 amide bonds. The van der Waals surface area contributed by atoms with Crippen molar-refractivity contribution in [2.45, 2.75) is 31.4 Å². The highest BCUT2D eigenvalue weighted by Gasteiger charge is 2.22. The first-order valence-corrected chi connectivity index (χ1v) is 5.28. The van der Waals surface area contributed by atoms with E-state index in [4.69, 9.17) is 17.3 Å². The van der Waals surface area contributed by atoms with Gasteiger partial charge in [-0.15, -0.1) is 0 Å². The Bertz CT molecular complexity index is 340. The van der Waals surface area contributed by atoms with Crippen LogP contribution in [-0.2, 0) is 6.42 Å². The molecule has 76 valence electrons. The van der Waals surface area contributed by atoms with Crippen LogP contribution in [0.4, 0.5) is 0 Å². The monoisotopic (exact) mass is 211 g/mol. The SMILES string of the molecule is N[C@H]1CCCc2ccc(Cl)cc2[C@@H]1O. The summed E-state index contributed by atoms with van der Waals surface area (Å²) < 4.78 is 0. The van der Waals surface area contributed by atoms with Gasteiger partial charge in [0.1, 0.15) is 0 Å². The maximum Gasteiger partial charge on any atom is 0.0944 e. The molecule has 1 aromatic rings. The molecular weight excluding hydrogens is 198 g/mol. The van der Waals surface area contributed by atoms with Crippen molar-refractivity contribution in [2.24, 2.45) is 5.73 Å². The first-order chi connectivity index (χ1) is 6.68. The molecule has 1 aliphatic carbocycles. The molecule has 3 N–H and O–H groups in total. The van der Waals surface area contributed by atoms with E-state index >= 15 is 0 Å². The van der Waals surface area contributed by atoms with Crippen LogP contribution in [0.25, 0.3) is 0 Å². The fourth-order valence-electron chi connectivity index (χ4n) is 1.99. The largest absolute Gasteiger partial charge is 0.387 e. The lowest BCUT2D eigenvalue weighted by molar-refractivity contribution is 0.144. The summed E-state index contributed by atoms with van der Waals surface area (Å²) in [6.07, 6.45) is 2.32. The number of benzene rings is 1. The fraction of sp³-hybridized carbons (Fsp3) is 0.455. The van der Waals surface area contributed by atoms with Gasteiger partial charge in [-0.1, -0.05) is 17.7 Å². The number of aliphatic hydroxyl groups excluding tert-OH is 1. The Morgan fingerprint density at radius 2 is 2.21 bits per heavy atom. The van der Waals surface area contributed by atoms with Crippen molar-refractivity contribution in [1.82, 2.24) is 0 Å². The minimum absolute atomic E-state index is 0.158. The summed E-state index contributed by atoms with van der Waals surface area (Å²) in [5, 5.41) is 10.6. The third-order valence-corrected chi connectivity index (χ3v) is 3.05. The van der Waals surface area contributed by atoms with Crippen molar-refractivity contribution in [3.05, 3.63) is 34.3 Å². The molecule has 0 unspecified atom stereocenters. The molecule has 2 atom stereocenters. The minimum Gasteiger partial charge on any atom is -0.387 e. The van der Waals surface area contributed by atoms with Crippen LogP contribution in [0, 0.1) is 0 Å². The van der Waals surface area contributed by atoms with E-state index in [1.165, 1.54) is 5.56 Å². The topological polar surface area (TPSA) is 46.2 Å². The first-order valence-electron chi connectivity index (χ1n) is 4.90. The Labute approximate surface area is 88.7 Å². The Morgan fingerprint density at radius 3 is 3.00 bits per heavy atom. The fourth-order valence-corrected chi connectivity index (χ4v) is 2.17. The van der Waals surface area contributed by atoms with Crippen LogP contribution in [0.3, 0.4) is 0 Å². The van der Waals surface area contributed by atoms with Crippen molar-refractivity contribution in [2.75, 3.05) is 0 Å². The molecule has 1 aromatic carbocycles. The highest BCUT2D eigenvalue weighted by Crippen LogP contribution is 2.29. The molecule has 0 saturated carbocycles. The maximum absolute atomic E-state index is 9.95. The summed E-state index contributed by atoms with van der Waals surface area (Å²) in [5.41, 5.74) is 7.93. The smallest absolute Gasteiger partial charge is 0.0944 e. The predicted octanol–water partition coefficient (Wildman–Crippen LogP) is 2.04. The molecular formula is C11H14ClNO. The van der Waals surface area contributed by atoms with Crippen molar-refractivity contribution < 1.29 is 5.11 Å². The lowest BCUT2D eigenvalue weighted by Crippen LogP contribution is -2.27. The Kier molecular flexibility index (Phi) is 2.77. The second kappa shape index (κ2) is 3.89. The third-order valence-electron chi connectivity index (χ3n) is 2.82. The third kappa shape index (κ3) is 1.78. The molecule has 0 heterocycles. The van der Waals surface area contributed by atoms with E-state index in [0.717, 1.165) is 24.8 Å². The van der Waals surface area contributed by atoms with E-state index < -0.39 is 6.10 Å². The average molecular weight is 212 g/mol. The maximum atomic E-state index is 9.95. The normalized spacial score (nSPS) is 26.8. The van der Waals surface area contributed by atoms with E-state index in [2.05, 4.69) is 0 Å². The molecule has 0 aliphatic heterocycles. The summed E-state index contributed by atoms with van der Waals surface area (Å²) in [4.78, 5) is 0. The van der Waals surface area contributed by atoms with E-state index in [1.807, 2.05) is 18.2 Å². The van der Waals surface area contributed by atoms with Gasteiger partial charge in [-0.3, -0.25) is 0 Å². The number of hydrogen-bond donors (Lipinski definition) is 2. The van der Waals surface area contributed by atoms with Crippen LogP contribution < -0.4 is 5.73 Å². The van der Waals surface area contributed by atoms with Crippen LogP contribution >= 0.6 is 11.6 Å². The summed E-state index contributed by atoms with van der Waals surface area (Å²) >= 11 is 5.89. The van der Waals surface area contributed by atoms with Crippen molar-refractivity contribution in [1.29, 1.82) is 0 Å². The number of aliphatic hydroxyl groups is 1. The predicted molar refractivity (Wildman–Crippen MR) is 57.3 cm³/mol. The van der Waals surface area contributed by atoms with Crippen molar-refractivity contribution in [3.8, 4) is 0 Å². The number of nitrogens with two attached hydrogens (primary N) is 1. The van der Waals surface area contributed by atoms with Gasteiger partial charge >= 0.3 is 0 Å². The van der Waals surface area contributed by atoms with Crippen LogP contribution in [0.1, 0.15) is 30.1 Å². The summed E-state index contributed by atoms with van der Waals surface area (Å²) in [7, 11) is 0. The molecule has 0 bridgehead atoms. The lowest BCUT2D eigenvalue weighted by atomic mass is 9.99. The molecule has 0 saturated heterocycles. The molecule has 1 aliphatic rings. The minimum atomic E-state index is -0.564. The number of hydrogen-bond acceptors (Lipinski definition) is 2. The van der Waals surface area contributed by atoms with Gasteiger partial charge in [-0.25, -0.2) is 0 Å². The average Bonchev–Trinajstić information content (AvgIpc) is 2.30. The Hall–Kier alpha value is -0.570. The summed E-state index contributed by atoms with van der Waals surface area (Å²) in [6.45, 7) is 0. The van der Waals surface area contributed by atoms with E-state index in [-0.39, 0.29) is 6.04 Å². The van der Waals surface area contributed by atoms with Gasteiger partial charge in [0.2, 0.25) is 0 Å². The number of aryl methyl sites for hydroxylation is 1. The first kappa shape index (κ1) is 9.97. The molecule has 0 fully saturated rings. The van der Waals surface area contributed by atoms with Crippen molar-refractivity contribution in [3.63, 3.8) is 0 Å². The van der Waals surface area contributed by atoms with Gasteiger partial charge in [0.05, 0.1) is 6.10 Å². The number of rotatable bonds is 0. The van der Waals surface area contributed by atoms with E-state index in [9.17, 15) is 5.11 Å². The number of fused-ring (bicyclic) bond motifs is 1. The van der Waals surface area contributed by atoms with Crippen LogP contribution in [0.5, 0.6) is 0 Å². The van der Waals surface area contributed by atoms with Crippen LogP contribution in [0.2, 0.25) is 5.02 Å². The van der Waals surface area contributed by atoms with Crippen LogP contribution in [-0.4, -0.2) is 11.1 Å². The van der Waals surface area contributed by atoms with Gasteiger partial charge in [0, 0.05) is 11.1 Å². The molecule has 14 heavy (non-hydrogen) atoms. The Morgan fingerprint density at radius 1 is 1.43 bits per heavy atom. The lowest BCUT2D eigenvalue weighted by Gasteiger charge is -2.17. The summed E-state index contributed by atoms with van der Waals surface area (Å²) in [5.74, 6) is 0. The highest BCUT2D eigenvalue weighted by molar-refractivity contribution is 6.30. The van der Waals surface area contributed by atoms with Crippen LogP contribution in [0.15, 0.2) is 18.2 Å². The zero-order valence-electron chi connectivity index (χ0n) is 7.91. The standard InChI is InChI=1S/C11H14ClNO/c12-8-5-4-7-2-1-3-10(13)11(14)9(7)6-8/h4-6,10-11,14H,1-3,13H2/t10-,11-/m0/s1. The zero-order valence-corrected chi connectivity index (χ0v) is 8.67. The Balaban J connectivity index is 2.44. The highest BCUT2D eigenvalue weighted by atomic mass is 35.5. The second-order valence-electron chi connectivity index (χ2n) is 3.84. The number of halogens is 1. The van der Waals surface area contributed by atoms with Gasteiger partial charge in [0.25, 0.3) is 0 Å². The van der Waals surface area contributed by atoms with Crippen molar-refractivity contribution >= 4 is 11.6 Å². The second-order valence-corrected chi connectivity index (χ2v) is 4.28. The van der Waals surface area contributed by atoms with E-state index in [1.54, 1.807) is 0 Å². The molecule has 0 spiro atoms. The van der Waals surface area contributed by atoms with Gasteiger partial charge < -0.3 is 10.8 Å². The molecule has 0 radical (unpaired) electrons. The van der Waals surface area contributed by atoms with Gasteiger partial charge in [-0.2, -0.15) is 0 Å². The summed E-state index contributed by atoms with van der Waals surface area (Å²) in [6, 6.07) is 5.52. The molecule has 0 aromatic heterocycles. The molecule has 2 rings (SSSR count). The molecule has 3 heteroatoms. The van der Waals surface area contributed by atoms with Gasteiger partial charge in [-0.05, 0) is 42.5 Å². The van der Waals surface area contributed by atoms with E-state index in [0.29, 0.717) is 5.02 Å². The van der Waals surface area contributed by atoms with Gasteiger partial charge in [0.15, 0.2) is 0 Å². The zero-order chi connectivity index (χ0) is 10.1.